The number of nitrogens with zero attached hydrogens (tertiary/aromatic N) is 4. The van der Waals surface area contributed by atoms with Crippen LogP contribution in [0.15, 0.2) is 12.4 Å². The van der Waals surface area contributed by atoms with Gasteiger partial charge < -0.3 is 9.80 Å². The highest BCUT2D eigenvalue weighted by molar-refractivity contribution is 5.82. The standard InChI is InChI=1S/C15H20N4O2/c20-14-5-7-19(13-2-1-6-18(13)14)15(21)10-17-9-12(8-16-17)11-3-4-11/h8-9,11,13H,1-7,10H2/t13-/m0/s1. The number of amides is 2. The molecule has 2 aliphatic heterocycles. The number of fused-ring (bicyclic) bond motifs is 1. The molecular formula is C15H20N4O2. The van der Waals surface area contributed by atoms with Crippen molar-refractivity contribution >= 4 is 11.8 Å². The minimum atomic E-state index is -0.0165. The van der Waals surface area contributed by atoms with E-state index in [1.165, 1.54) is 18.4 Å². The van der Waals surface area contributed by atoms with Crippen LogP contribution >= 0.6 is 0 Å². The van der Waals surface area contributed by atoms with Gasteiger partial charge in [0.2, 0.25) is 11.8 Å². The summed E-state index contributed by atoms with van der Waals surface area (Å²) in [7, 11) is 0. The Kier molecular flexibility index (Phi) is 2.97. The van der Waals surface area contributed by atoms with E-state index in [-0.39, 0.29) is 24.5 Å². The van der Waals surface area contributed by atoms with Crippen LogP contribution in [0.25, 0.3) is 0 Å². The Bertz CT molecular complexity index is 578. The van der Waals surface area contributed by atoms with E-state index in [9.17, 15) is 9.59 Å². The van der Waals surface area contributed by atoms with Crippen LogP contribution in [-0.4, -0.2) is 50.6 Å². The highest BCUT2D eigenvalue weighted by atomic mass is 16.2. The average molecular weight is 288 g/mol. The van der Waals surface area contributed by atoms with Gasteiger partial charge in [-0.25, -0.2) is 0 Å². The Labute approximate surface area is 123 Å². The normalized spacial score (nSPS) is 25.3. The molecule has 0 aromatic carbocycles. The van der Waals surface area contributed by atoms with E-state index in [0.29, 0.717) is 18.9 Å². The summed E-state index contributed by atoms with van der Waals surface area (Å²) in [6.45, 7) is 1.63. The minimum absolute atomic E-state index is 0.0165. The van der Waals surface area contributed by atoms with Crippen LogP contribution in [0.4, 0.5) is 0 Å². The molecule has 0 N–H and O–H groups in total. The van der Waals surface area contributed by atoms with Gasteiger partial charge in [0, 0.05) is 25.7 Å². The summed E-state index contributed by atoms with van der Waals surface area (Å²) in [4.78, 5) is 28.1. The summed E-state index contributed by atoms with van der Waals surface area (Å²) in [5.41, 5.74) is 1.25. The van der Waals surface area contributed by atoms with Crippen LogP contribution in [0.5, 0.6) is 0 Å². The first-order valence-electron chi connectivity index (χ1n) is 7.83. The molecule has 6 nitrogen and oxygen atoms in total. The quantitative estimate of drug-likeness (QED) is 0.832. The number of aromatic nitrogens is 2. The maximum absolute atomic E-state index is 12.5. The van der Waals surface area contributed by atoms with Crippen molar-refractivity contribution in [1.82, 2.24) is 19.6 Å². The summed E-state index contributed by atoms with van der Waals surface area (Å²) in [5.74, 6) is 0.924. The van der Waals surface area contributed by atoms with Gasteiger partial charge in [-0.3, -0.25) is 14.3 Å². The third-order valence-corrected chi connectivity index (χ3v) is 4.79. The second-order valence-electron chi connectivity index (χ2n) is 6.29. The molecule has 1 aromatic rings. The molecule has 2 amide bonds. The SMILES string of the molecule is O=C1CCN(C(=O)Cn2cc(C3CC3)cn2)[C@H]2CCCN12. The molecule has 2 saturated heterocycles. The number of carbonyl (C=O) groups excluding carboxylic acids is 2. The summed E-state index contributed by atoms with van der Waals surface area (Å²) < 4.78 is 1.74. The van der Waals surface area contributed by atoms with Crippen molar-refractivity contribution < 1.29 is 9.59 Å². The van der Waals surface area contributed by atoms with E-state index < -0.39 is 0 Å². The van der Waals surface area contributed by atoms with Crippen molar-refractivity contribution in [2.45, 2.75) is 50.7 Å². The lowest BCUT2D eigenvalue weighted by Crippen LogP contribution is -2.55. The van der Waals surface area contributed by atoms with Gasteiger partial charge in [-0.1, -0.05) is 0 Å². The summed E-state index contributed by atoms with van der Waals surface area (Å²) >= 11 is 0. The molecular weight excluding hydrogens is 268 g/mol. The van der Waals surface area contributed by atoms with Crippen LogP contribution in [0, 0.1) is 0 Å². The Hall–Kier alpha value is -1.85. The topological polar surface area (TPSA) is 58.4 Å². The van der Waals surface area contributed by atoms with Gasteiger partial charge in [0.1, 0.15) is 12.7 Å². The van der Waals surface area contributed by atoms with Crippen molar-refractivity contribution in [3.05, 3.63) is 18.0 Å². The fourth-order valence-corrected chi connectivity index (χ4v) is 3.49. The predicted molar refractivity (Wildman–Crippen MR) is 75.3 cm³/mol. The molecule has 0 unspecified atom stereocenters. The molecule has 1 atom stereocenters. The fourth-order valence-electron chi connectivity index (χ4n) is 3.49. The molecule has 1 saturated carbocycles. The van der Waals surface area contributed by atoms with E-state index in [4.69, 9.17) is 0 Å². The van der Waals surface area contributed by atoms with Crippen LogP contribution in [0.3, 0.4) is 0 Å². The zero-order chi connectivity index (χ0) is 14.4. The molecule has 0 spiro atoms. The van der Waals surface area contributed by atoms with Crippen molar-refractivity contribution in [3.63, 3.8) is 0 Å². The van der Waals surface area contributed by atoms with Crippen molar-refractivity contribution in [2.24, 2.45) is 0 Å². The zero-order valence-corrected chi connectivity index (χ0v) is 12.1. The molecule has 0 radical (unpaired) electrons. The number of rotatable bonds is 3. The lowest BCUT2D eigenvalue weighted by atomic mass is 10.2. The first kappa shape index (κ1) is 12.9. The van der Waals surface area contributed by atoms with Gasteiger partial charge in [-0.05, 0) is 37.2 Å². The molecule has 21 heavy (non-hydrogen) atoms. The monoisotopic (exact) mass is 288 g/mol. The van der Waals surface area contributed by atoms with Crippen LogP contribution in [0.2, 0.25) is 0 Å². The molecule has 1 aliphatic carbocycles. The van der Waals surface area contributed by atoms with Crippen molar-refractivity contribution in [1.29, 1.82) is 0 Å². The van der Waals surface area contributed by atoms with Crippen molar-refractivity contribution in [3.8, 4) is 0 Å². The van der Waals surface area contributed by atoms with Gasteiger partial charge >= 0.3 is 0 Å². The third kappa shape index (κ3) is 2.32. The first-order chi connectivity index (χ1) is 10.2. The Morgan fingerprint density at radius 1 is 1.29 bits per heavy atom. The lowest BCUT2D eigenvalue weighted by Gasteiger charge is -2.39. The molecule has 0 bridgehead atoms. The van der Waals surface area contributed by atoms with Gasteiger partial charge in [0.25, 0.3) is 0 Å². The molecule has 3 fully saturated rings. The molecule has 3 heterocycles. The fraction of sp³-hybridized carbons (Fsp3) is 0.667. The second-order valence-corrected chi connectivity index (χ2v) is 6.29. The molecule has 4 rings (SSSR count). The number of carbonyl (C=O) groups is 2. The number of hydrogen-bond donors (Lipinski definition) is 0. The molecule has 112 valence electrons. The smallest absolute Gasteiger partial charge is 0.245 e. The lowest BCUT2D eigenvalue weighted by molar-refractivity contribution is -0.150. The van der Waals surface area contributed by atoms with E-state index in [1.54, 1.807) is 4.68 Å². The largest absolute Gasteiger partial charge is 0.322 e. The predicted octanol–water partition coefficient (Wildman–Crippen LogP) is 0.941. The summed E-state index contributed by atoms with van der Waals surface area (Å²) in [5, 5.41) is 4.30. The maximum atomic E-state index is 12.5. The second kappa shape index (κ2) is 4.86. The van der Waals surface area contributed by atoms with E-state index in [2.05, 4.69) is 5.10 Å². The third-order valence-electron chi connectivity index (χ3n) is 4.79. The summed E-state index contributed by atoms with van der Waals surface area (Å²) in [6, 6.07) is 0. The van der Waals surface area contributed by atoms with Crippen LogP contribution < -0.4 is 0 Å². The number of hydrogen-bond acceptors (Lipinski definition) is 3. The van der Waals surface area contributed by atoms with Gasteiger partial charge in [-0.15, -0.1) is 0 Å². The highest BCUT2D eigenvalue weighted by Gasteiger charge is 2.39. The maximum Gasteiger partial charge on any atom is 0.245 e. The summed E-state index contributed by atoms with van der Waals surface area (Å²) in [6.07, 6.45) is 8.70. The average Bonchev–Trinajstić information content (AvgIpc) is 3.01. The van der Waals surface area contributed by atoms with Gasteiger partial charge in [0.05, 0.1) is 6.20 Å². The van der Waals surface area contributed by atoms with Crippen LogP contribution in [-0.2, 0) is 16.1 Å². The molecule has 1 aromatic heterocycles. The van der Waals surface area contributed by atoms with E-state index >= 15 is 0 Å². The van der Waals surface area contributed by atoms with E-state index in [1.807, 2.05) is 22.2 Å². The van der Waals surface area contributed by atoms with Gasteiger partial charge in [-0.2, -0.15) is 5.10 Å². The van der Waals surface area contributed by atoms with Crippen LogP contribution in [0.1, 0.15) is 43.6 Å². The Morgan fingerprint density at radius 3 is 2.95 bits per heavy atom. The van der Waals surface area contributed by atoms with Gasteiger partial charge in [0.15, 0.2) is 0 Å². The molecule has 6 heteroatoms. The Morgan fingerprint density at radius 2 is 2.14 bits per heavy atom. The first-order valence-corrected chi connectivity index (χ1v) is 7.83. The highest BCUT2D eigenvalue weighted by Crippen LogP contribution is 2.39. The van der Waals surface area contributed by atoms with E-state index in [0.717, 1.165) is 19.4 Å². The molecule has 3 aliphatic rings. The zero-order valence-electron chi connectivity index (χ0n) is 12.1. The minimum Gasteiger partial charge on any atom is -0.322 e. The van der Waals surface area contributed by atoms with Crippen molar-refractivity contribution in [2.75, 3.05) is 13.1 Å². The Balaban J connectivity index is 1.45.